The van der Waals surface area contributed by atoms with Crippen molar-refractivity contribution in [2.45, 2.75) is 0 Å². The van der Waals surface area contributed by atoms with E-state index in [1.54, 1.807) is 0 Å². The van der Waals surface area contributed by atoms with Crippen molar-refractivity contribution in [3.8, 4) is 0 Å². The summed E-state index contributed by atoms with van der Waals surface area (Å²) in [6.07, 6.45) is 0. The molecule has 1 aromatic carbocycles. The zero-order valence-corrected chi connectivity index (χ0v) is 7.44. The predicted octanol–water partition coefficient (Wildman–Crippen LogP) is 2.42. The smallest absolute Gasteiger partial charge is 0.352 e. The van der Waals surface area contributed by atoms with Gasteiger partial charge in [-0.2, -0.15) is 0 Å². The summed E-state index contributed by atoms with van der Waals surface area (Å²) in [5, 5.41) is 7.90. The van der Waals surface area contributed by atoms with Crippen molar-refractivity contribution in [1.29, 1.82) is 0 Å². The third-order valence-electron chi connectivity index (χ3n) is 2.08. The van der Waals surface area contributed by atoms with Gasteiger partial charge in [-0.1, -0.05) is 0 Å². The van der Waals surface area contributed by atoms with E-state index in [1.165, 1.54) is 0 Å². The first-order valence-electron chi connectivity index (χ1n) is 4.01. The van der Waals surface area contributed by atoms with Gasteiger partial charge < -0.3 is 10.1 Å². The van der Waals surface area contributed by atoms with E-state index in [0.29, 0.717) is 6.07 Å². The lowest BCUT2D eigenvalue weighted by atomic mass is 10.2. The largest absolute Gasteiger partial charge is 0.477 e. The zero-order valence-electron chi connectivity index (χ0n) is 7.44. The number of fused-ring (bicyclic) bond motifs is 1. The third kappa shape index (κ3) is 1.24. The molecular weight excluding hydrogens is 230 g/mol. The SMILES string of the molecule is O=C(O)c1cc2c(F)c(F)c(F)c(F)c2[nH]1. The second kappa shape index (κ2) is 3.22. The lowest BCUT2D eigenvalue weighted by Gasteiger charge is -1.98. The molecule has 0 saturated carbocycles. The number of aromatic carboxylic acids is 1. The van der Waals surface area contributed by atoms with Gasteiger partial charge in [-0.25, -0.2) is 22.4 Å². The number of carboxylic acids is 1. The van der Waals surface area contributed by atoms with Gasteiger partial charge in [0, 0.05) is 5.39 Å². The van der Waals surface area contributed by atoms with Crippen LogP contribution in [0.5, 0.6) is 0 Å². The minimum atomic E-state index is -1.98. The van der Waals surface area contributed by atoms with Crippen LogP contribution in [0.15, 0.2) is 6.07 Å². The minimum absolute atomic E-state index is 0.558. The molecule has 0 bridgehead atoms. The van der Waals surface area contributed by atoms with Gasteiger partial charge in [0.15, 0.2) is 23.3 Å². The van der Waals surface area contributed by atoms with E-state index in [-0.39, 0.29) is 0 Å². The van der Waals surface area contributed by atoms with Gasteiger partial charge in [-0.15, -0.1) is 0 Å². The molecule has 1 aromatic heterocycles. The molecule has 0 unspecified atom stereocenters. The van der Waals surface area contributed by atoms with Crippen LogP contribution in [0.3, 0.4) is 0 Å². The van der Waals surface area contributed by atoms with Gasteiger partial charge in [0.25, 0.3) is 0 Å². The van der Waals surface area contributed by atoms with Crippen LogP contribution >= 0.6 is 0 Å². The molecule has 16 heavy (non-hydrogen) atoms. The molecule has 2 aromatic rings. The highest BCUT2D eigenvalue weighted by Gasteiger charge is 2.23. The summed E-state index contributed by atoms with van der Waals surface area (Å²) in [6, 6.07) is 0.693. The summed E-state index contributed by atoms with van der Waals surface area (Å²) >= 11 is 0. The van der Waals surface area contributed by atoms with Crippen molar-refractivity contribution in [2.24, 2.45) is 0 Å². The second-order valence-electron chi connectivity index (χ2n) is 3.03. The van der Waals surface area contributed by atoms with E-state index >= 15 is 0 Å². The summed E-state index contributed by atoms with van der Waals surface area (Å²) in [7, 11) is 0. The first-order valence-corrected chi connectivity index (χ1v) is 4.01. The normalized spacial score (nSPS) is 11.0. The van der Waals surface area contributed by atoms with E-state index in [1.807, 2.05) is 4.98 Å². The molecule has 0 amide bonds. The molecular formula is C9H3F4NO2. The van der Waals surface area contributed by atoms with E-state index in [0.717, 1.165) is 0 Å². The van der Waals surface area contributed by atoms with Crippen molar-refractivity contribution < 1.29 is 27.5 Å². The number of aromatic amines is 1. The van der Waals surface area contributed by atoms with Crippen LogP contribution in [0.2, 0.25) is 0 Å². The molecule has 0 aliphatic heterocycles. The molecule has 84 valence electrons. The van der Waals surface area contributed by atoms with Crippen LogP contribution in [-0.4, -0.2) is 16.1 Å². The molecule has 2 rings (SSSR count). The number of nitrogens with one attached hydrogen (secondary N) is 1. The number of hydrogen-bond acceptors (Lipinski definition) is 1. The Balaban J connectivity index is 2.92. The van der Waals surface area contributed by atoms with Gasteiger partial charge >= 0.3 is 5.97 Å². The maximum atomic E-state index is 13.1. The highest BCUT2D eigenvalue weighted by Crippen LogP contribution is 2.26. The number of benzene rings is 1. The van der Waals surface area contributed by atoms with Gasteiger partial charge in [0.2, 0.25) is 0 Å². The van der Waals surface area contributed by atoms with E-state index in [4.69, 9.17) is 5.11 Å². The van der Waals surface area contributed by atoms with Crippen LogP contribution in [0.1, 0.15) is 10.5 Å². The topological polar surface area (TPSA) is 53.1 Å². The molecule has 0 aliphatic carbocycles. The van der Waals surface area contributed by atoms with Gasteiger partial charge in [-0.05, 0) is 6.07 Å². The molecule has 0 atom stereocenters. The maximum absolute atomic E-state index is 13.1. The standard InChI is InChI=1S/C9H3F4NO2/c10-4-2-1-3(9(15)16)14-8(2)7(13)6(12)5(4)11/h1,14H,(H,15,16). The summed E-state index contributed by atoms with van der Waals surface area (Å²) in [6.45, 7) is 0. The molecule has 0 aliphatic rings. The Bertz CT molecular complexity index is 560. The lowest BCUT2D eigenvalue weighted by Crippen LogP contribution is -1.97. The first kappa shape index (κ1) is 10.5. The zero-order chi connectivity index (χ0) is 12.0. The van der Waals surface area contributed by atoms with Crippen LogP contribution in [-0.2, 0) is 0 Å². The Morgan fingerprint density at radius 1 is 1.06 bits per heavy atom. The number of aromatic nitrogens is 1. The number of H-pyrrole nitrogens is 1. The first-order chi connectivity index (χ1) is 7.43. The fourth-order valence-electron chi connectivity index (χ4n) is 1.34. The van der Waals surface area contributed by atoms with Gasteiger partial charge in [0.1, 0.15) is 5.69 Å². The number of halogens is 4. The van der Waals surface area contributed by atoms with Crippen LogP contribution < -0.4 is 0 Å². The molecule has 0 fully saturated rings. The average Bonchev–Trinajstić information content (AvgIpc) is 2.68. The third-order valence-corrected chi connectivity index (χ3v) is 2.08. The lowest BCUT2D eigenvalue weighted by molar-refractivity contribution is 0.0691. The Morgan fingerprint density at radius 2 is 1.62 bits per heavy atom. The summed E-state index contributed by atoms with van der Waals surface area (Å²) < 4.78 is 51.8. The van der Waals surface area contributed by atoms with Gasteiger partial charge in [-0.3, -0.25) is 0 Å². The molecule has 0 spiro atoms. The monoisotopic (exact) mass is 233 g/mol. The quantitative estimate of drug-likeness (QED) is 0.451. The van der Waals surface area contributed by atoms with E-state index in [9.17, 15) is 22.4 Å². The summed E-state index contributed by atoms with van der Waals surface area (Å²) in [5.41, 5.74) is -1.27. The van der Waals surface area contributed by atoms with Crippen LogP contribution in [0.25, 0.3) is 10.9 Å². The Hall–Kier alpha value is -2.05. The van der Waals surface area contributed by atoms with Crippen molar-refractivity contribution in [2.75, 3.05) is 0 Å². The molecule has 1 heterocycles. The summed E-state index contributed by atoms with van der Waals surface area (Å²) in [5.74, 6) is -8.72. The Labute approximate surface area is 85.3 Å². The molecule has 7 heteroatoms. The molecule has 0 radical (unpaired) electrons. The van der Waals surface area contributed by atoms with E-state index < -0.39 is 45.8 Å². The van der Waals surface area contributed by atoms with Crippen LogP contribution in [0, 0.1) is 23.3 Å². The van der Waals surface area contributed by atoms with Crippen molar-refractivity contribution in [3.05, 3.63) is 35.0 Å². The molecule has 2 N–H and O–H groups in total. The fourth-order valence-corrected chi connectivity index (χ4v) is 1.34. The second-order valence-corrected chi connectivity index (χ2v) is 3.03. The van der Waals surface area contributed by atoms with Crippen molar-refractivity contribution >= 4 is 16.9 Å². The predicted molar refractivity (Wildman–Crippen MR) is 45.1 cm³/mol. The average molecular weight is 233 g/mol. The number of rotatable bonds is 1. The van der Waals surface area contributed by atoms with Crippen molar-refractivity contribution in [3.63, 3.8) is 0 Å². The fraction of sp³-hybridized carbons (Fsp3) is 0. The Morgan fingerprint density at radius 3 is 2.19 bits per heavy atom. The number of hydrogen-bond donors (Lipinski definition) is 2. The number of carboxylic acid groups (broad SMARTS) is 1. The van der Waals surface area contributed by atoms with Crippen LogP contribution in [0.4, 0.5) is 17.6 Å². The van der Waals surface area contributed by atoms with Gasteiger partial charge in [0.05, 0.1) is 5.52 Å². The highest BCUT2D eigenvalue weighted by atomic mass is 19.2. The summed E-state index contributed by atoms with van der Waals surface area (Å²) in [4.78, 5) is 12.5. The van der Waals surface area contributed by atoms with E-state index in [2.05, 4.69) is 0 Å². The highest BCUT2D eigenvalue weighted by molar-refractivity contribution is 5.94. The van der Waals surface area contributed by atoms with Crippen molar-refractivity contribution in [1.82, 2.24) is 4.98 Å². The Kier molecular flexibility index (Phi) is 2.11. The number of carbonyl (C=O) groups is 1. The maximum Gasteiger partial charge on any atom is 0.352 e. The molecule has 0 saturated heterocycles. The minimum Gasteiger partial charge on any atom is -0.477 e. The molecule has 3 nitrogen and oxygen atoms in total.